The fourth-order valence-corrected chi connectivity index (χ4v) is 4.89. The summed E-state index contributed by atoms with van der Waals surface area (Å²) < 4.78 is 16.2. The highest BCUT2D eigenvalue weighted by Gasteiger charge is 2.50. The predicted molar refractivity (Wildman–Crippen MR) is 130 cm³/mol. The molecule has 2 aliphatic heterocycles. The molecule has 0 saturated carbocycles. The molecule has 0 radical (unpaired) electrons. The smallest absolute Gasteiger partial charge is 0.414 e. The maximum atomic E-state index is 13.1. The normalized spacial score (nSPS) is 16.6. The lowest BCUT2D eigenvalue weighted by Crippen LogP contribution is -2.48. The number of ether oxygens (including phenoxy) is 3. The molecule has 2 aromatic rings. The first-order chi connectivity index (χ1) is 16.6. The van der Waals surface area contributed by atoms with Crippen LogP contribution >= 0.6 is 0 Å². The zero-order chi connectivity index (χ0) is 25.2. The van der Waals surface area contributed by atoms with Crippen LogP contribution in [-0.4, -0.2) is 55.4 Å². The van der Waals surface area contributed by atoms with Gasteiger partial charge in [0.15, 0.2) is 0 Å². The molecule has 0 unspecified atom stereocenters. The number of likely N-dealkylation sites (tertiary alicyclic amines) is 1. The van der Waals surface area contributed by atoms with Crippen LogP contribution in [0, 0.1) is 0 Å². The average molecular weight is 481 g/mol. The number of piperidine rings is 1. The van der Waals surface area contributed by atoms with Gasteiger partial charge in [-0.25, -0.2) is 14.4 Å². The number of fused-ring (bicyclic) bond motifs is 2. The molecule has 8 heteroatoms. The molecule has 1 spiro atoms. The monoisotopic (exact) mass is 480 g/mol. The summed E-state index contributed by atoms with van der Waals surface area (Å²) in [5.41, 5.74) is 1.66. The van der Waals surface area contributed by atoms with Crippen molar-refractivity contribution >= 4 is 23.8 Å². The van der Waals surface area contributed by atoms with Crippen LogP contribution in [0.4, 0.5) is 15.3 Å². The second kappa shape index (κ2) is 9.60. The van der Waals surface area contributed by atoms with Crippen LogP contribution in [0.15, 0.2) is 48.5 Å². The number of esters is 1. The molecule has 1 fully saturated rings. The van der Waals surface area contributed by atoms with Crippen molar-refractivity contribution in [1.29, 1.82) is 0 Å². The molecule has 2 amide bonds. The fraction of sp³-hybridized carbons (Fsp3) is 0.444. The van der Waals surface area contributed by atoms with Crippen LogP contribution in [0.25, 0.3) is 0 Å². The molecule has 186 valence electrons. The Morgan fingerprint density at radius 2 is 1.63 bits per heavy atom. The summed E-state index contributed by atoms with van der Waals surface area (Å²) in [6.45, 7) is 6.95. The van der Waals surface area contributed by atoms with Gasteiger partial charge in [-0.15, -0.1) is 0 Å². The van der Waals surface area contributed by atoms with Crippen molar-refractivity contribution < 1.29 is 28.6 Å². The molecule has 0 N–H and O–H groups in total. The number of hydrogen-bond acceptors (Lipinski definition) is 6. The lowest BCUT2D eigenvalue weighted by atomic mass is 9.72. The first-order valence-corrected chi connectivity index (χ1v) is 11.8. The number of amides is 2. The van der Waals surface area contributed by atoms with Crippen LogP contribution in [0.5, 0.6) is 0 Å². The summed E-state index contributed by atoms with van der Waals surface area (Å²) in [7, 11) is 1.35. The molecule has 0 aliphatic carbocycles. The second-order valence-corrected chi connectivity index (χ2v) is 10.1. The second-order valence-electron chi connectivity index (χ2n) is 10.1. The van der Waals surface area contributed by atoms with Gasteiger partial charge in [-0.1, -0.05) is 36.4 Å². The highest BCUT2D eigenvalue weighted by molar-refractivity contribution is 5.99. The molecular weight excluding hydrogens is 448 g/mol. The Hall–Kier alpha value is -3.55. The van der Waals surface area contributed by atoms with E-state index >= 15 is 0 Å². The van der Waals surface area contributed by atoms with Gasteiger partial charge >= 0.3 is 18.2 Å². The maximum absolute atomic E-state index is 13.1. The van der Waals surface area contributed by atoms with Gasteiger partial charge in [-0.2, -0.15) is 0 Å². The van der Waals surface area contributed by atoms with Crippen LogP contribution in [0.3, 0.4) is 0 Å². The topological polar surface area (TPSA) is 85.4 Å². The van der Waals surface area contributed by atoms with E-state index in [-0.39, 0.29) is 12.7 Å². The van der Waals surface area contributed by atoms with Gasteiger partial charge in [0.1, 0.15) is 12.2 Å². The third kappa shape index (κ3) is 5.11. The van der Waals surface area contributed by atoms with Crippen LogP contribution in [0.1, 0.15) is 55.1 Å². The Balaban J connectivity index is 1.55. The molecule has 2 aromatic carbocycles. The summed E-state index contributed by atoms with van der Waals surface area (Å²) >= 11 is 0. The number of hydrogen-bond donors (Lipinski definition) is 0. The van der Waals surface area contributed by atoms with E-state index in [0.29, 0.717) is 43.7 Å². The molecule has 0 bridgehead atoms. The summed E-state index contributed by atoms with van der Waals surface area (Å²) in [5, 5.41) is 0. The van der Waals surface area contributed by atoms with Crippen molar-refractivity contribution in [1.82, 2.24) is 4.90 Å². The molecule has 8 nitrogen and oxygen atoms in total. The fourth-order valence-electron chi connectivity index (χ4n) is 4.89. The van der Waals surface area contributed by atoms with E-state index in [1.807, 2.05) is 57.2 Å². The third-order valence-corrected chi connectivity index (χ3v) is 6.53. The van der Waals surface area contributed by atoms with E-state index in [9.17, 15) is 14.4 Å². The van der Waals surface area contributed by atoms with Crippen molar-refractivity contribution in [3.05, 3.63) is 65.2 Å². The first-order valence-electron chi connectivity index (χ1n) is 11.8. The largest absolute Gasteiger partial charge is 0.465 e. The lowest BCUT2D eigenvalue weighted by molar-refractivity contribution is 0.0561. The van der Waals surface area contributed by atoms with Gasteiger partial charge in [0.05, 0.1) is 18.4 Å². The van der Waals surface area contributed by atoms with Crippen molar-refractivity contribution in [2.45, 2.75) is 51.2 Å². The summed E-state index contributed by atoms with van der Waals surface area (Å²) in [6.07, 6.45) is 0.330. The molecule has 0 aromatic heterocycles. The number of carbonyl (C=O) groups is 3. The number of benzene rings is 2. The maximum Gasteiger partial charge on any atom is 0.414 e. The van der Waals surface area contributed by atoms with Crippen LogP contribution < -0.4 is 4.90 Å². The molecular formula is C27H32N2O6. The minimum Gasteiger partial charge on any atom is -0.465 e. The number of carbonyl (C=O) groups excluding carboxylic acids is 3. The van der Waals surface area contributed by atoms with Gasteiger partial charge in [-0.05, 0) is 56.9 Å². The van der Waals surface area contributed by atoms with E-state index in [0.717, 1.165) is 11.1 Å². The minimum atomic E-state index is -0.654. The van der Waals surface area contributed by atoms with Gasteiger partial charge in [0, 0.05) is 25.0 Å². The Kier molecular flexibility index (Phi) is 6.74. The Labute approximate surface area is 205 Å². The summed E-state index contributed by atoms with van der Waals surface area (Å²) in [4.78, 5) is 41.8. The van der Waals surface area contributed by atoms with E-state index in [1.54, 1.807) is 21.9 Å². The number of methoxy groups -OCH3 is 1. The van der Waals surface area contributed by atoms with Crippen molar-refractivity contribution in [3.8, 4) is 0 Å². The van der Waals surface area contributed by atoms with Crippen LogP contribution in [-0.2, 0) is 26.2 Å². The van der Waals surface area contributed by atoms with Crippen LogP contribution in [0.2, 0.25) is 0 Å². The molecule has 35 heavy (non-hydrogen) atoms. The SMILES string of the molecule is COC(=O)c1cccc2c1C1(CCN(C(=O)OCc3ccccc3)CC1)CN2C(=O)OC(C)(C)C. The highest BCUT2D eigenvalue weighted by Crippen LogP contribution is 2.49. The average Bonchev–Trinajstić information content (AvgIpc) is 3.16. The molecule has 2 heterocycles. The zero-order valence-corrected chi connectivity index (χ0v) is 20.7. The lowest BCUT2D eigenvalue weighted by Gasteiger charge is -2.39. The van der Waals surface area contributed by atoms with E-state index < -0.39 is 23.1 Å². The Bertz CT molecular complexity index is 1100. The summed E-state index contributed by atoms with van der Waals surface area (Å²) in [5.74, 6) is -0.447. The van der Waals surface area contributed by atoms with E-state index in [1.165, 1.54) is 7.11 Å². The van der Waals surface area contributed by atoms with Gasteiger partial charge < -0.3 is 19.1 Å². The third-order valence-electron chi connectivity index (χ3n) is 6.53. The molecule has 1 saturated heterocycles. The number of rotatable bonds is 3. The number of nitrogens with zero attached hydrogens (tertiary/aromatic N) is 2. The molecule has 2 aliphatic rings. The van der Waals surface area contributed by atoms with E-state index in [2.05, 4.69) is 0 Å². The van der Waals surface area contributed by atoms with Crippen molar-refractivity contribution in [3.63, 3.8) is 0 Å². The molecule has 0 atom stereocenters. The first kappa shape index (κ1) is 24.6. The quantitative estimate of drug-likeness (QED) is 0.459. The molecule has 4 rings (SSSR count). The predicted octanol–water partition coefficient (Wildman–Crippen LogP) is 4.90. The van der Waals surface area contributed by atoms with Crippen molar-refractivity contribution in [2.75, 3.05) is 31.6 Å². The Morgan fingerprint density at radius 1 is 0.943 bits per heavy atom. The minimum absolute atomic E-state index is 0.211. The Morgan fingerprint density at radius 3 is 2.26 bits per heavy atom. The van der Waals surface area contributed by atoms with E-state index in [4.69, 9.17) is 14.2 Å². The number of anilines is 1. The van der Waals surface area contributed by atoms with Gasteiger partial charge in [-0.3, -0.25) is 4.90 Å². The highest BCUT2D eigenvalue weighted by atomic mass is 16.6. The zero-order valence-electron chi connectivity index (χ0n) is 20.7. The van der Waals surface area contributed by atoms with Crippen molar-refractivity contribution in [2.24, 2.45) is 0 Å². The van der Waals surface area contributed by atoms with Gasteiger partial charge in [0.25, 0.3) is 0 Å². The summed E-state index contributed by atoms with van der Waals surface area (Å²) in [6, 6.07) is 14.9. The standard InChI is InChI=1S/C27H32N2O6/c1-26(2,3)35-25(32)29-18-27(22-20(23(30)33-4)11-8-12-21(22)29)13-15-28(16-14-27)24(31)34-17-19-9-6-5-7-10-19/h5-12H,13-18H2,1-4H3. The van der Waals surface area contributed by atoms with Gasteiger partial charge in [0.2, 0.25) is 0 Å².